The molecule has 8 heteroatoms. The van der Waals surface area contributed by atoms with E-state index in [-0.39, 0.29) is 11.3 Å². The van der Waals surface area contributed by atoms with E-state index in [1.165, 1.54) is 9.80 Å². The van der Waals surface area contributed by atoms with Gasteiger partial charge in [0.05, 0.1) is 31.9 Å². The van der Waals surface area contributed by atoms with Crippen molar-refractivity contribution in [3.8, 4) is 0 Å². The maximum atomic E-state index is 12.9. The van der Waals surface area contributed by atoms with Gasteiger partial charge in [0.2, 0.25) is 0 Å². The Bertz CT molecular complexity index is 976. The Labute approximate surface area is 179 Å². The summed E-state index contributed by atoms with van der Waals surface area (Å²) in [5.41, 5.74) is 0.457. The van der Waals surface area contributed by atoms with E-state index in [9.17, 15) is 14.7 Å². The third-order valence-corrected chi connectivity index (χ3v) is 5.85. The van der Waals surface area contributed by atoms with Gasteiger partial charge in [0.25, 0.3) is 11.7 Å². The summed E-state index contributed by atoms with van der Waals surface area (Å²) in [6.45, 7) is 5.96. The highest BCUT2D eigenvalue weighted by Crippen LogP contribution is 2.39. The number of benzene rings is 1. The Morgan fingerprint density at radius 1 is 1.17 bits per heavy atom. The number of quaternary nitrogens is 1. The SMILES string of the molecule is Cc1ccc([C@H]2C(=C(O)c3ccc(Cl)cc3)C(=O)C(=O)N2CC[NH+]2CCOCC2)o1. The zero-order chi connectivity index (χ0) is 21.3. The number of ketones is 1. The Hall–Kier alpha value is -2.61. The van der Waals surface area contributed by atoms with E-state index < -0.39 is 17.7 Å². The van der Waals surface area contributed by atoms with Crippen molar-refractivity contribution >= 4 is 29.1 Å². The van der Waals surface area contributed by atoms with Gasteiger partial charge in [-0.1, -0.05) is 11.6 Å². The molecule has 2 saturated heterocycles. The van der Waals surface area contributed by atoms with Crippen molar-refractivity contribution in [3.63, 3.8) is 0 Å². The molecule has 0 bridgehead atoms. The van der Waals surface area contributed by atoms with E-state index in [4.69, 9.17) is 20.8 Å². The topological polar surface area (TPSA) is 84.4 Å². The number of amides is 1. The lowest BCUT2D eigenvalue weighted by Gasteiger charge is -2.28. The van der Waals surface area contributed by atoms with Gasteiger partial charge in [0.1, 0.15) is 36.4 Å². The number of halogens is 1. The van der Waals surface area contributed by atoms with Crippen LogP contribution in [0.25, 0.3) is 5.76 Å². The first-order chi connectivity index (χ1) is 14.5. The van der Waals surface area contributed by atoms with Gasteiger partial charge >= 0.3 is 0 Å². The van der Waals surface area contributed by atoms with Crippen LogP contribution in [0.3, 0.4) is 0 Å². The molecule has 2 aliphatic rings. The number of aliphatic hydroxyl groups excluding tert-OH is 1. The van der Waals surface area contributed by atoms with Crippen LogP contribution in [0.4, 0.5) is 0 Å². The van der Waals surface area contributed by atoms with Gasteiger partial charge in [-0.25, -0.2) is 0 Å². The van der Waals surface area contributed by atoms with Crippen LogP contribution in [0.15, 0.2) is 46.4 Å². The maximum Gasteiger partial charge on any atom is 0.295 e. The number of ether oxygens (including phenoxy) is 1. The second-order valence-corrected chi connectivity index (χ2v) is 8.00. The van der Waals surface area contributed by atoms with Gasteiger partial charge in [-0.15, -0.1) is 0 Å². The molecule has 2 aromatic rings. The van der Waals surface area contributed by atoms with E-state index >= 15 is 0 Å². The number of morpholine rings is 1. The number of Topliss-reactive ketones (excluding diaryl/α,β-unsaturated/α-hetero) is 1. The van der Waals surface area contributed by atoms with E-state index in [0.717, 1.165) is 13.1 Å². The number of furan rings is 1. The number of aryl methyl sites for hydroxylation is 1. The minimum Gasteiger partial charge on any atom is -0.507 e. The highest BCUT2D eigenvalue weighted by molar-refractivity contribution is 6.46. The highest BCUT2D eigenvalue weighted by atomic mass is 35.5. The minimum absolute atomic E-state index is 0.0358. The van der Waals surface area contributed by atoms with Crippen molar-refractivity contribution in [1.29, 1.82) is 0 Å². The predicted octanol–water partition coefficient (Wildman–Crippen LogP) is 1.58. The number of hydrogen-bond donors (Lipinski definition) is 2. The van der Waals surface area contributed by atoms with Gasteiger partial charge in [0, 0.05) is 10.6 Å². The normalized spacial score (nSPS) is 22.1. The monoisotopic (exact) mass is 431 g/mol. The molecule has 0 saturated carbocycles. The first-order valence-electron chi connectivity index (χ1n) is 9.97. The van der Waals surface area contributed by atoms with Gasteiger partial charge < -0.3 is 24.1 Å². The van der Waals surface area contributed by atoms with E-state index in [1.54, 1.807) is 43.3 Å². The van der Waals surface area contributed by atoms with Crippen molar-refractivity contribution in [2.24, 2.45) is 0 Å². The molecule has 0 radical (unpaired) electrons. The van der Waals surface area contributed by atoms with Gasteiger partial charge in [0.15, 0.2) is 0 Å². The molecule has 1 amide bonds. The van der Waals surface area contributed by atoms with Crippen LogP contribution in [0.5, 0.6) is 0 Å². The number of hydrogen-bond acceptors (Lipinski definition) is 5. The van der Waals surface area contributed by atoms with Crippen LogP contribution in [-0.4, -0.2) is 61.1 Å². The molecule has 158 valence electrons. The lowest BCUT2D eigenvalue weighted by molar-refractivity contribution is -0.907. The lowest BCUT2D eigenvalue weighted by Crippen LogP contribution is -3.14. The number of likely N-dealkylation sites (tertiary alicyclic amines) is 1. The quantitative estimate of drug-likeness (QED) is 0.426. The smallest absolute Gasteiger partial charge is 0.295 e. The summed E-state index contributed by atoms with van der Waals surface area (Å²) in [7, 11) is 0. The van der Waals surface area contributed by atoms with Crippen molar-refractivity contribution in [2.45, 2.75) is 13.0 Å². The molecule has 0 aliphatic carbocycles. The average molecular weight is 432 g/mol. The molecule has 2 N–H and O–H groups in total. The number of aliphatic hydroxyl groups is 1. The van der Waals surface area contributed by atoms with Crippen molar-refractivity contribution < 1.29 is 28.7 Å². The number of nitrogens with one attached hydrogen (secondary N) is 1. The van der Waals surface area contributed by atoms with E-state index in [2.05, 4.69) is 0 Å². The Morgan fingerprint density at radius 2 is 1.87 bits per heavy atom. The molecule has 1 aromatic heterocycles. The zero-order valence-electron chi connectivity index (χ0n) is 16.7. The molecule has 7 nitrogen and oxygen atoms in total. The predicted molar refractivity (Wildman–Crippen MR) is 110 cm³/mol. The van der Waals surface area contributed by atoms with Crippen LogP contribution in [0, 0.1) is 6.92 Å². The first-order valence-corrected chi connectivity index (χ1v) is 10.4. The molecule has 3 heterocycles. The number of nitrogens with zero attached hydrogens (tertiary/aromatic N) is 1. The molecular weight excluding hydrogens is 408 g/mol. The summed E-state index contributed by atoms with van der Waals surface area (Å²) < 4.78 is 11.2. The largest absolute Gasteiger partial charge is 0.507 e. The summed E-state index contributed by atoms with van der Waals surface area (Å²) in [6, 6.07) is 9.25. The highest BCUT2D eigenvalue weighted by Gasteiger charge is 2.47. The van der Waals surface area contributed by atoms with Crippen LogP contribution >= 0.6 is 11.6 Å². The molecule has 0 unspecified atom stereocenters. The molecule has 0 spiro atoms. The molecule has 30 heavy (non-hydrogen) atoms. The standard InChI is InChI=1S/C22H23ClN2O5/c1-14-2-7-17(30-14)19-18(20(26)15-3-5-16(23)6-4-15)21(27)22(28)25(19)9-8-24-10-12-29-13-11-24/h2-7,19,26H,8-13H2,1H3/p+1/t19-/m0/s1. The van der Waals surface area contributed by atoms with Gasteiger partial charge in [-0.3, -0.25) is 9.59 Å². The van der Waals surface area contributed by atoms with Gasteiger partial charge in [-0.05, 0) is 43.3 Å². The van der Waals surface area contributed by atoms with E-state index in [1.807, 2.05) is 0 Å². The number of rotatable bonds is 5. The molecular formula is C22H24ClN2O5+. The third kappa shape index (κ3) is 4.01. The molecule has 2 aliphatic heterocycles. The lowest BCUT2D eigenvalue weighted by atomic mass is 9.99. The fraction of sp³-hybridized carbons (Fsp3) is 0.364. The van der Waals surface area contributed by atoms with Crippen molar-refractivity contribution in [1.82, 2.24) is 4.90 Å². The Balaban J connectivity index is 1.70. The number of carbonyl (C=O) groups excluding carboxylic acids is 2. The summed E-state index contributed by atoms with van der Waals surface area (Å²) in [6.07, 6.45) is 0. The fourth-order valence-electron chi connectivity index (χ4n) is 3.96. The molecule has 4 rings (SSSR count). The second kappa shape index (κ2) is 8.63. The van der Waals surface area contributed by atoms with E-state index in [0.29, 0.717) is 48.4 Å². The van der Waals surface area contributed by atoms with Crippen LogP contribution in [-0.2, 0) is 14.3 Å². The Morgan fingerprint density at radius 3 is 2.50 bits per heavy atom. The van der Waals surface area contributed by atoms with Crippen molar-refractivity contribution in [2.75, 3.05) is 39.4 Å². The van der Waals surface area contributed by atoms with Crippen LogP contribution < -0.4 is 4.90 Å². The first kappa shape index (κ1) is 20.7. The van der Waals surface area contributed by atoms with Crippen LogP contribution in [0.2, 0.25) is 5.02 Å². The average Bonchev–Trinajstić information content (AvgIpc) is 3.28. The van der Waals surface area contributed by atoms with Gasteiger partial charge in [-0.2, -0.15) is 0 Å². The Kier molecular flexibility index (Phi) is 5.94. The fourth-order valence-corrected chi connectivity index (χ4v) is 4.08. The summed E-state index contributed by atoms with van der Waals surface area (Å²) in [4.78, 5) is 28.7. The maximum absolute atomic E-state index is 12.9. The minimum atomic E-state index is -0.769. The summed E-state index contributed by atoms with van der Waals surface area (Å²) in [5, 5.41) is 11.5. The molecule has 1 atom stereocenters. The summed E-state index contributed by atoms with van der Waals surface area (Å²) in [5.74, 6) is -0.443. The van der Waals surface area contributed by atoms with Crippen LogP contribution in [0.1, 0.15) is 23.1 Å². The summed E-state index contributed by atoms with van der Waals surface area (Å²) >= 11 is 5.94. The van der Waals surface area contributed by atoms with Crippen molar-refractivity contribution in [3.05, 3.63) is 64.1 Å². The molecule has 1 aromatic carbocycles. The third-order valence-electron chi connectivity index (χ3n) is 5.59. The number of carbonyl (C=O) groups is 2. The molecule has 2 fully saturated rings. The second-order valence-electron chi connectivity index (χ2n) is 7.56. The zero-order valence-corrected chi connectivity index (χ0v) is 17.4.